The number of hydrogen-bond donors (Lipinski definition) is 3. The lowest BCUT2D eigenvalue weighted by atomic mass is 9.76. The van der Waals surface area contributed by atoms with E-state index in [2.05, 4.69) is 17.2 Å². The zero-order valence-electron chi connectivity index (χ0n) is 11.4. The molecule has 1 fully saturated rings. The summed E-state index contributed by atoms with van der Waals surface area (Å²) in [5.74, 6) is 0.571. The van der Waals surface area contributed by atoms with Crippen LogP contribution >= 0.6 is 23.7 Å². The number of anilines is 1. The highest BCUT2D eigenvalue weighted by Gasteiger charge is 2.33. The van der Waals surface area contributed by atoms with E-state index in [1.165, 1.54) is 43.4 Å². The minimum Gasteiger partial charge on any atom is -0.394 e. The lowest BCUT2D eigenvalue weighted by Gasteiger charge is -2.39. The van der Waals surface area contributed by atoms with Gasteiger partial charge in [-0.2, -0.15) is 0 Å². The lowest BCUT2D eigenvalue weighted by molar-refractivity contribution is 0.0939. The number of nitrogens with two attached hydrogens (primary N) is 1. The Bertz CT molecular complexity index is 382. The van der Waals surface area contributed by atoms with Gasteiger partial charge in [-0.05, 0) is 25.7 Å². The van der Waals surface area contributed by atoms with Crippen LogP contribution < -0.4 is 11.1 Å². The van der Waals surface area contributed by atoms with Gasteiger partial charge in [0, 0.05) is 23.2 Å². The summed E-state index contributed by atoms with van der Waals surface area (Å²) in [5.41, 5.74) is 5.44. The molecule has 0 bridgehead atoms. The molecule has 1 unspecified atom stereocenters. The Balaban J connectivity index is 0.00000180. The monoisotopic (exact) mass is 305 g/mol. The smallest absolute Gasteiger partial charge is 0.180 e. The van der Waals surface area contributed by atoms with Crippen molar-refractivity contribution in [3.63, 3.8) is 0 Å². The summed E-state index contributed by atoms with van der Waals surface area (Å²) in [7, 11) is 0. The van der Waals surface area contributed by atoms with Gasteiger partial charge in [0.2, 0.25) is 0 Å². The largest absolute Gasteiger partial charge is 0.394 e. The number of nitrogens with one attached hydrogen (secondary N) is 1. The van der Waals surface area contributed by atoms with Crippen LogP contribution in [-0.4, -0.2) is 22.2 Å². The second-order valence-electron chi connectivity index (χ2n) is 5.43. The summed E-state index contributed by atoms with van der Waals surface area (Å²) in [5, 5.41) is 13.8. The molecule has 6 heteroatoms. The van der Waals surface area contributed by atoms with Crippen LogP contribution in [0.3, 0.4) is 0 Å². The highest BCUT2D eigenvalue weighted by atomic mass is 35.5. The molecule has 0 aliphatic heterocycles. The predicted octanol–water partition coefficient (Wildman–Crippen LogP) is 2.57. The van der Waals surface area contributed by atoms with Crippen molar-refractivity contribution in [2.24, 2.45) is 5.92 Å². The number of thiazole rings is 1. The van der Waals surface area contributed by atoms with Crippen LogP contribution in [0, 0.1) is 5.92 Å². The van der Waals surface area contributed by atoms with Crippen LogP contribution in [-0.2, 0) is 6.54 Å². The van der Waals surface area contributed by atoms with Gasteiger partial charge in [0.15, 0.2) is 5.13 Å². The average molecular weight is 306 g/mol. The average Bonchev–Trinajstić information content (AvgIpc) is 2.83. The van der Waals surface area contributed by atoms with Gasteiger partial charge in [0.05, 0.1) is 6.61 Å². The number of nitrogen functional groups attached to an aromatic ring is 1. The molecule has 0 amide bonds. The molecule has 0 saturated heterocycles. The standard InChI is InChI=1S/C13H23N3OS.ClH/c1-13(9-17,10-5-3-2-4-6-10)16-8-11-7-15-12(14)18-11;/h7,10,16-17H,2-6,8-9H2,1H3,(H2,14,15);1H. The Morgan fingerprint density at radius 3 is 2.68 bits per heavy atom. The molecule has 19 heavy (non-hydrogen) atoms. The normalized spacial score (nSPS) is 19.7. The molecule has 0 spiro atoms. The second kappa shape index (κ2) is 7.43. The molecule has 2 rings (SSSR count). The van der Waals surface area contributed by atoms with Crippen LogP contribution in [0.5, 0.6) is 0 Å². The Morgan fingerprint density at radius 1 is 1.47 bits per heavy atom. The maximum atomic E-state index is 9.72. The molecule has 4 N–H and O–H groups in total. The minimum absolute atomic E-state index is 0. The Kier molecular flexibility index (Phi) is 6.53. The van der Waals surface area contributed by atoms with E-state index in [1.54, 1.807) is 0 Å². The zero-order chi connectivity index (χ0) is 13.0. The Hall–Kier alpha value is -0.360. The number of rotatable bonds is 5. The molecule has 1 atom stereocenters. The summed E-state index contributed by atoms with van der Waals surface area (Å²) in [4.78, 5) is 5.18. The molecule has 110 valence electrons. The molecular formula is C13H24ClN3OS. The van der Waals surface area contributed by atoms with Gasteiger partial charge in [-0.15, -0.1) is 23.7 Å². The van der Waals surface area contributed by atoms with Gasteiger partial charge in [0.1, 0.15) is 0 Å². The summed E-state index contributed by atoms with van der Waals surface area (Å²) in [6, 6.07) is 0. The molecule has 1 aliphatic rings. The minimum atomic E-state index is -0.181. The molecule has 0 radical (unpaired) electrons. The van der Waals surface area contributed by atoms with E-state index in [-0.39, 0.29) is 24.6 Å². The quantitative estimate of drug-likeness (QED) is 0.782. The maximum Gasteiger partial charge on any atom is 0.180 e. The van der Waals surface area contributed by atoms with Crippen molar-refractivity contribution >= 4 is 28.9 Å². The highest BCUT2D eigenvalue weighted by Crippen LogP contribution is 2.32. The van der Waals surface area contributed by atoms with Crippen LogP contribution in [0.25, 0.3) is 0 Å². The van der Waals surface area contributed by atoms with Crippen molar-refractivity contribution in [3.05, 3.63) is 11.1 Å². The molecule has 1 aromatic rings. The Labute approximate surface area is 125 Å². The van der Waals surface area contributed by atoms with E-state index >= 15 is 0 Å². The first-order valence-electron chi connectivity index (χ1n) is 6.70. The fourth-order valence-corrected chi connectivity index (χ4v) is 3.39. The fraction of sp³-hybridized carbons (Fsp3) is 0.769. The second-order valence-corrected chi connectivity index (χ2v) is 6.58. The van der Waals surface area contributed by atoms with Crippen LogP contribution in [0.1, 0.15) is 43.9 Å². The molecule has 0 aromatic carbocycles. The van der Waals surface area contributed by atoms with Crippen LogP contribution in [0.2, 0.25) is 0 Å². The predicted molar refractivity (Wildman–Crippen MR) is 82.7 cm³/mol. The third-order valence-corrected chi connectivity index (χ3v) is 4.90. The molecule has 1 aliphatic carbocycles. The van der Waals surface area contributed by atoms with E-state index in [9.17, 15) is 5.11 Å². The lowest BCUT2D eigenvalue weighted by Crippen LogP contribution is -2.51. The van der Waals surface area contributed by atoms with Crippen molar-refractivity contribution in [2.75, 3.05) is 12.3 Å². The Morgan fingerprint density at radius 2 is 2.16 bits per heavy atom. The van der Waals surface area contributed by atoms with Gasteiger partial charge in [-0.1, -0.05) is 19.3 Å². The third kappa shape index (κ3) is 4.31. The molecule has 1 aromatic heterocycles. The third-order valence-electron chi connectivity index (χ3n) is 4.07. The van der Waals surface area contributed by atoms with E-state index < -0.39 is 0 Å². The summed E-state index contributed by atoms with van der Waals surface area (Å²) in [6.45, 7) is 3.06. The van der Waals surface area contributed by atoms with Crippen molar-refractivity contribution in [1.29, 1.82) is 0 Å². The summed E-state index contributed by atoms with van der Waals surface area (Å²) in [6.07, 6.45) is 8.16. The SMILES string of the molecule is CC(CO)(NCc1cnc(N)s1)C1CCCCC1.Cl. The molecular weight excluding hydrogens is 282 g/mol. The first-order chi connectivity index (χ1) is 8.64. The zero-order valence-corrected chi connectivity index (χ0v) is 13.0. The van der Waals surface area contributed by atoms with Gasteiger partial charge in [-0.3, -0.25) is 0 Å². The molecule has 1 saturated carbocycles. The number of nitrogens with zero attached hydrogens (tertiary/aromatic N) is 1. The summed E-state index contributed by atoms with van der Waals surface area (Å²) < 4.78 is 0. The first kappa shape index (κ1) is 16.7. The van der Waals surface area contributed by atoms with Crippen LogP contribution in [0.4, 0.5) is 5.13 Å². The van der Waals surface area contributed by atoms with E-state index in [0.29, 0.717) is 11.0 Å². The van der Waals surface area contributed by atoms with E-state index in [1.807, 2.05) is 6.20 Å². The molecule has 1 heterocycles. The number of halogens is 1. The number of aliphatic hydroxyl groups excluding tert-OH is 1. The molecule has 4 nitrogen and oxygen atoms in total. The van der Waals surface area contributed by atoms with Crippen molar-refractivity contribution in [2.45, 2.75) is 51.1 Å². The van der Waals surface area contributed by atoms with Gasteiger partial charge >= 0.3 is 0 Å². The number of aromatic nitrogens is 1. The van der Waals surface area contributed by atoms with Gasteiger partial charge < -0.3 is 16.2 Å². The topological polar surface area (TPSA) is 71.2 Å². The van der Waals surface area contributed by atoms with Crippen molar-refractivity contribution in [1.82, 2.24) is 10.3 Å². The van der Waals surface area contributed by atoms with Gasteiger partial charge in [-0.25, -0.2) is 4.98 Å². The summed E-state index contributed by atoms with van der Waals surface area (Å²) >= 11 is 1.51. The van der Waals surface area contributed by atoms with E-state index in [4.69, 9.17) is 5.73 Å². The van der Waals surface area contributed by atoms with E-state index in [0.717, 1.165) is 11.4 Å². The number of hydrogen-bond acceptors (Lipinski definition) is 5. The first-order valence-corrected chi connectivity index (χ1v) is 7.52. The number of aliphatic hydroxyl groups is 1. The van der Waals surface area contributed by atoms with Crippen molar-refractivity contribution in [3.8, 4) is 0 Å². The van der Waals surface area contributed by atoms with Crippen LogP contribution in [0.15, 0.2) is 6.20 Å². The van der Waals surface area contributed by atoms with Crippen molar-refractivity contribution < 1.29 is 5.11 Å². The fourth-order valence-electron chi connectivity index (χ4n) is 2.76. The highest BCUT2D eigenvalue weighted by molar-refractivity contribution is 7.15. The maximum absolute atomic E-state index is 9.72. The van der Waals surface area contributed by atoms with Gasteiger partial charge in [0.25, 0.3) is 0 Å².